The van der Waals surface area contributed by atoms with Gasteiger partial charge < -0.3 is 21.9 Å². The molecule has 192 valence electrons. The van der Waals surface area contributed by atoms with Gasteiger partial charge in [0.15, 0.2) is 0 Å². The second-order valence-corrected chi connectivity index (χ2v) is 13.7. The van der Waals surface area contributed by atoms with Crippen molar-refractivity contribution >= 4 is 29.1 Å². The van der Waals surface area contributed by atoms with Gasteiger partial charge in [0, 0.05) is 17.6 Å². The van der Waals surface area contributed by atoms with E-state index in [1.807, 2.05) is 17.0 Å². The van der Waals surface area contributed by atoms with Crippen LogP contribution in [-0.4, -0.2) is 22.9 Å². The Kier molecular flexibility index (Phi) is 9.87. The predicted molar refractivity (Wildman–Crippen MR) is 156 cm³/mol. The molecule has 0 saturated carbocycles. The van der Waals surface area contributed by atoms with Crippen molar-refractivity contribution in [2.24, 2.45) is 0 Å². The van der Waals surface area contributed by atoms with Crippen LogP contribution >= 0.6 is 7.26 Å². The molecule has 4 heteroatoms. The molecule has 1 unspecified atom stereocenters. The lowest BCUT2D eigenvalue weighted by Gasteiger charge is -2.33. The van der Waals surface area contributed by atoms with Crippen LogP contribution in [0.1, 0.15) is 56.2 Å². The zero-order valence-electron chi connectivity index (χ0n) is 22.4. The molecule has 0 aliphatic carbocycles. The van der Waals surface area contributed by atoms with Gasteiger partial charge in [-0.3, -0.25) is 4.79 Å². The molecule has 0 aromatic heterocycles. The van der Waals surface area contributed by atoms with Crippen molar-refractivity contribution in [2.45, 2.75) is 52.4 Å². The molecule has 0 saturated heterocycles. The molecule has 4 aromatic carbocycles. The first-order valence-corrected chi connectivity index (χ1v) is 14.7. The Morgan fingerprint density at radius 2 is 0.919 bits per heavy atom. The van der Waals surface area contributed by atoms with Gasteiger partial charge in [-0.1, -0.05) is 66.7 Å². The van der Waals surface area contributed by atoms with Crippen LogP contribution in [0.4, 0.5) is 0 Å². The molecule has 0 N–H and O–H groups in total. The molecule has 0 aliphatic heterocycles. The number of carbonyl (C=O) groups excluding carboxylic acids is 1. The van der Waals surface area contributed by atoms with E-state index in [2.05, 4.69) is 138 Å². The summed E-state index contributed by atoms with van der Waals surface area (Å²) in [7, 11) is -2.05. The van der Waals surface area contributed by atoms with Gasteiger partial charge in [0.2, 0.25) is 0 Å². The van der Waals surface area contributed by atoms with Crippen molar-refractivity contribution in [1.82, 2.24) is 4.90 Å². The Hall–Kier alpha value is -2.74. The minimum Gasteiger partial charge on any atom is -1.00 e. The molecule has 4 rings (SSSR count). The van der Waals surface area contributed by atoms with Gasteiger partial charge in [0.05, 0.1) is 0 Å². The minimum absolute atomic E-state index is 0. The smallest absolute Gasteiger partial charge is 0.254 e. The number of nitrogens with zero attached hydrogens (tertiary/aromatic N) is 1. The Bertz CT molecular complexity index is 1150. The van der Waals surface area contributed by atoms with E-state index in [9.17, 15) is 4.79 Å². The SMILES string of the molecule is CC(C)N(C(=O)c1ccc(C(C)[P+](c2ccccc2)(c2ccccc2)c2ccccc2)cc1)C(C)C.[Br-]. The van der Waals surface area contributed by atoms with E-state index in [0.717, 1.165) is 5.56 Å². The third-order valence-electron chi connectivity index (χ3n) is 7.06. The molecular formula is C33H37BrNOP. The summed E-state index contributed by atoms with van der Waals surface area (Å²) in [5.41, 5.74) is 2.22. The fourth-order valence-corrected chi connectivity index (χ4v) is 10.2. The first kappa shape index (κ1) is 28.8. The molecule has 0 aliphatic rings. The Balaban J connectivity index is 0.00000380. The average Bonchev–Trinajstić information content (AvgIpc) is 2.90. The summed E-state index contributed by atoms with van der Waals surface area (Å²) < 4.78 is 0. The minimum atomic E-state index is -2.05. The van der Waals surface area contributed by atoms with Crippen LogP contribution in [-0.2, 0) is 0 Å². The van der Waals surface area contributed by atoms with Crippen LogP contribution in [0.15, 0.2) is 115 Å². The Morgan fingerprint density at radius 3 is 1.24 bits per heavy atom. The van der Waals surface area contributed by atoms with Gasteiger partial charge in [-0.15, -0.1) is 0 Å². The first-order chi connectivity index (χ1) is 17.4. The van der Waals surface area contributed by atoms with Gasteiger partial charge in [-0.2, -0.15) is 0 Å². The molecule has 1 amide bonds. The molecule has 0 fully saturated rings. The maximum atomic E-state index is 13.3. The monoisotopic (exact) mass is 573 g/mol. The highest BCUT2D eigenvalue weighted by molar-refractivity contribution is 7.95. The highest BCUT2D eigenvalue weighted by Crippen LogP contribution is 2.66. The van der Waals surface area contributed by atoms with Crippen LogP contribution in [0.5, 0.6) is 0 Å². The summed E-state index contributed by atoms with van der Waals surface area (Å²) in [6.07, 6.45) is 0. The van der Waals surface area contributed by atoms with E-state index in [1.54, 1.807) is 0 Å². The lowest BCUT2D eigenvalue weighted by Crippen LogP contribution is -3.00. The number of benzene rings is 4. The number of amides is 1. The van der Waals surface area contributed by atoms with Crippen molar-refractivity contribution in [3.05, 3.63) is 126 Å². The largest absolute Gasteiger partial charge is 1.00 e. The first-order valence-electron chi connectivity index (χ1n) is 12.9. The van der Waals surface area contributed by atoms with Gasteiger partial charge in [0.25, 0.3) is 5.91 Å². The highest BCUT2D eigenvalue weighted by Gasteiger charge is 2.50. The third-order valence-corrected chi connectivity index (χ3v) is 11.9. The maximum Gasteiger partial charge on any atom is 0.254 e. The highest BCUT2D eigenvalue weighted by atomic mass is 79.9. The molecule has 0 heterocycles. The summed E-state index contributed by atoms with van der Waals surface area (Å²) in [5.74, 6) is 0.0921. The normalized spacial score (nSPS) is 12.2. The van der Waals surface area contributed by atoms with Gasteiger partial charge in [-0.05, 0) is 88.7 Å². The summed E-state index contributed by atoms with van der Waals surface area (Å²) >= 11 is 0. The molecule has 4 aromatic rings. The average molecular weight is 575 g/mol. The zero-order chi connectivity index (χ0) is 25.7. The topological polar surface area (TPSA) is 20.3 Å². The molecular weight excluding hydrogens is 537 g/mol. The van der Waals surface area contributed by atoms with E-state index >= 15 is 0 Å². The predicted octanol–water partition coefficient (Wildman–Crippen LogP) is 4.00. The number of halogens is 1. The summed E-state index contributed by atoms with van der Waals surface area (Å²) in [6.45, 7) is 10.7. The van der Waals surface area contributed by atoms with E-state index in [1.165, 1.54) is 21.5 Å². The van der Waals surface area contributed by atoms with E-state index < -0.39 is 7.26 Å². The van der Waals surface area contributed by atoms with Gasteiger partial charge >= 0.3 is 0 Å². The standard InChI is InChI=1S/C33H37NOP.BrH/c1-25(2)34(26(3)4)33(35)29-23-21-28(22-24-29)27(5)36(30-15-9-6-10-16-30,31-17-11-7-12-18-31)32-19-13-8-14-20-32;/h6-27H,1-5H3;1H/q+1;/p-1. The molecule has 0 bridgehead atoms. The summed E-state index contributed by atoms with van der Waals surface area (Å²) in [5, 5.41) is 4.09. The third kappa shape index (κ3) is 5.74. The van der Waals surface area contributed by atoms with Crippen molar-refractivity contribution in [2.75, 3.05) is 0 Å². The molecule has 2 nitrogen and oxygen atoms in total. The summed E-state index contributed by atoms with van der Waals surface area (Å²) in [6, 6.07) is 41.5. The zero-order valence-corrected chi connectivity index (χ0v) is 24.9. The lowest BCUT2D eigenvalue weighted by molar-refractivity contribution is -0.0000214. The Morgan fingerprint density at radius 1 is 0.568 bits per heavy atom. The van der Waals surface area contributed by atoms with Crippen LogP contribution in [0.25, 0.3) is 0 Å². The van der Waals surface area contributed by atoms with E-state index in [-0.39, 0.29) is 40.6 Å². The van der Waals surface area contributed by atoms with E-state index in [0.29, 0.717) is 0 Å². The maximum absolute atomic E-state index is 13.3. The van der Waals surface area contributed by atoms with Crippen molar-refractivity contribution in [3.8, 4) is 0 Å². The van der Waals surface area contributed by atoms with Crippen LogP contribution in [0.3, 0.4) is 0 Å². The van der Waals surface area contributed by atoms with Gasteiger partial charge in [-0.25, -0.2) is 0 Å². The van der Waals surface area contributed by atoms with Crippen molar-refractivity contribution in [3.63, 3.8) is 0 Å². The summed E-state index contributed by atoms with van der Waals surface area (Å²) in [4.78, 5) is 15.3. The van der Waals surface area contributed by atoms with Crippen molar-refractivity contribution in [1.29, 1.82) is 0 Å². The van der Waals surface area contributed by atoms with Crippen LogP contribution in [0.2, 0.25) is 0 Å². The van der Waals surface area contributed by atoms with E-state index in [4.69, 9.17) is 0 Å². The quantitative estimate of drug-likeness (QED) is 0.292. The fourth-order valence-electron chi connectivity index (χ4n) is 5.45. The molecule has 0 spiro atoms. The molecule has 37 heavy (non-hydrogen) atoms. The molecule has 0 radical (unpaired) electrons. The number of hydrogen-bond acceptors (Lipinski definition) is 1. The number of rotatable bonds is 8. The van der Waals surface area contributed by atoms with Gasteiger partial charge in [0.1, 0.15) is 28.8 Å². The number of hydrogen-bond donors (Lipinski definition) is 0. The van der Waals surface area contributed by atoms with Crippen LogP contribution < -0.4 is 32.9 Å². The van der Waals surface area contributed by atoms with Crippen LogP contribution in [0, 0.1) is 0 Å². The number of carbonyl (C=O) groups is 1. The second kappa shape index (κ2) is 12.7. The van der Waals surface area contributed by atoms with Crippen molar-refractivity contribution < 1.29 is 21.8 Å². The second-order valence-electron chi connectivity index (χ2n) is 9.93. The fraction of sp³-hybridized carbons (Fsp3) is 0.242. The Labute approximate surface area is 233 Å². The molecule has 1 atom stereocenters. The lowest BCUT2D eigenvalue weighted by atomic mass is 10.1.